The second-order valence-corrected chi connectivity index (χ2v) is 3.74. The van der Waals surface area contributed by atoms with Gasteiger partial charge in [-0.05, 0) is 20.3 Å². The molecule has 0 radical (unpaired) electrons. The molecule has 0 bridgehead atoms. The lowest BCUT2D eigenvalue weighted by atomic mass is 10.3. The standard InChI is InChI=1S/C11H21N5/c1-4-6-7-16(5-2)11-8-10(15-12)13-9(3)14-11/h8H,4-7,12H2,1-3H3,(H,13,14,15). The SMILES string of the molecule is CCCCN(CC)c1cc(NN)nc(C)n1. The van der Waals surface area contributed by atoms with Crippen molar-refractivity contribution in [3.05, 3.63) is 11.9 Å². The molecule has 90 valence electrons. The summed E-state index contributed by atoms with van der Waals surface area (Å²) in [6.45, 7) is 8.15. The highest BCUT2D eigenvalue weighted by atomic mass is 15.3. The molecular formula is C11H21N5. The fraction of sp³-hybridized carbons (Fsp3) is 0.636. The summed E-state index contributed by atoms with van der Waals surface area (Å²) in [7, 11) is 0. The highest BCUT2D eigenvalue weighted by molar-refractivity contribution is 5.48. The zero-order valence-electron chi connectivity index (χ0n) is 10.3. The molecule has 5 nitrogen and oxygen atoms in total. The van der Waals surface area contributed by atoms with Crippen molar-refractivity contribution in [3.8, 4) is 0 Å². The van der Waals surface area contributed by atoms with Crippen LogP contribution in [0.15, 0.2) is 6.07 Å². The van der Waals surface area contributed by atoms with E-state index >= 15 is 0 Å². The summed E-state index contributed by atoms with van der Waals surface area (Å²) >= 11 is 0. The summed E-state index contributed by atoms with van der Waals surface area (Å²) < 4.78 is 0. The highest BCUT2D eigenvalue weighted by Gasteiger charge is 2.07. The Morgan fingerprint density at radius 2 is 2.12 bits per heavy atom. The number of nitrogen functional groups attached to an aromatic ring is 1. The van der Waals surface area contributed by atoms with Crippen LogP contribution >= 0.6 is 0 Å². The number of hydrogen-bond donors (Lipinski definition) is 2. The van der Waals surface area contributed by atoms with Gasteiger partial charge in [0, 0.05) is 19.2 Å². The minimum absolute atomic E-state index is 0.664. The Labute approximate surface area is 97.0 Å². The third kappa shape index (κ3) is 3.34. The number of anilines is 2. The Morgan fingerprint density at radius 3 is 2.69 bits per heavy atom. The summed E-state index contributed by atoms with van der Waals surface area (Å²) in [5.74, 6) is 7.71. The van der Waals surface area contributed by atoms with Gasteiger partial charge in [0.15, 0.2) is 0 Å². The van der Waals surface area contributed by atoms with E-state index in [1.807, 2.05) is 13.0 Å². The Morgan fingerprint density at radius 1 is 1.38 bits per heavy atom. The summed E-state index contributed by atoms with van der Waals surface area (Å²) in [4.78, 5) is 10.8. The average Bonchev–Trinajstić information content (AvgIpc) is 2.29. The fourth-order valence-corrected chi connectivity index (χ4v) is 1.57. The summed E-state index contributed by atoms with van der Waals surface area (Å²) in [5.41, 5.74) is 2.57. The smallest absolute Gasteiger partial charge is 0.145 e. The fourth-order valence-electron chi connectivity index (χ4n) is 1.57. The van der Waals surface area contributed by atoms with Crippen molar-refractivity contribution < 1.29 is 0 Å². The van der Waals surface area contributed by atoms with Crippen molar-refractivity contribution in [2.45, 2.75) is 33.6 Å². The Balaban J connectivity index is 2.86. The van der Waals surface area contributed by atoms with Crippen LogP contribution in [-0.2, 0) is 0 Å². The maximum Gasteiger partial charge on any atom is 0.145 e. The lowest BCUT2D eigenvalue weighted by Gasteiger charge is -2.22. The molecule has 0 aromatic carbocycles. The van der Waals surface area contributed by atoms with Crippen molar-refractivity contribution in [1.82, 2.24) is 9.97 Å². The normalized spacial score (nSPS) is 10.2. The maximum atomic E-state index is 5.37. The van der Waals surface area contributed by atoms with Gasteiger partial charge in [-0.25, -0.2) is 15.8 Å². The number of rotatable bonds is 6. The number of aromatic nitrogens is 2. The Bertz CT molecular complexity index is 326. The van der Waals surface area contributed by atoms with Gasteiger partial charge in [0.1, 0.15) is 17.5 Å². The van der Waals surface area contributed by atoms with E-state index < -0.39 is 0 Å². The van der Waals surface area contributed by atoms with Crippen molar-refractivity contribution in [1.29, 1.82) is 0 Å². The average molecular weight is 223 g/mol. The molecule has 1 rings (SSSR count). The van der Waals surface area contributed by atoms with Crippen LogP contribution in [0.3, 0.4) is 0 Å². The molecule has 5 heteroatoms. The second-order valence-electron chi connectivity index (χ2n) is 3.74. The number of unbranched alkanes of at least 4 members (excludes halogenated alkanes) is 1. The van der Waals surface area contributed by atoms with Crippen LogP contribution in [0.4, 0.5) is 11.6 Å². The molecule has 16 heavy (non-hydrogen) atoms. The molecule has 0 amide bonds. The second kappa shape index (κ2) is 6.27. The van der Waals surface area contributed by atoms with Crippen molar-refractivity contribution in [3.63, 3.8) is 0 Å². The minimum Gasteiger partial charge on any atom is -0.357 e. The zero-order chi connectivity index (χ0) is 12.0. The van der Waals surface area contributed by atoms with Gasteiger partial charge in [0.05, 0.1) is 0 Å². The number of hydrazine groups is 1. The van der Waals surface area contributed by atoms with Crippen LogP contribution in [0.25, 0.3) is 0 Å². The molecule has 1 aromatic rings. The quantitative estimate of drug-likeness (QED) is 0.567. The first-order valence-corrected chi connectivity index (χ1v) is 5.78. The molecule has 0 aliphatic heterocycles. The van der Waals surface area contributed by atoms with Crippen LogP contribution in [0.1, 0.15) is 32.5 Å². The monoisotopic (exact) mass is 223 g/mol. The van der Waals surface area contributed by atoms with E-state index in [-0.39, 0.29) is 0 Å². The molecule has 1 aromatic heterocycles. The Hall–Kier alpha value is -1.36. The molecular weight excluding hydrogens is 202 g/mol. The van der Waals surface area contributed by atoms with Gasteiger partial charge in [0.25, 0.3) is 0 Å². The van der Waals surface area contributed by atoms with Crippen LogP contribution in [-0.4, -0.2) is 23.1 Å². The zero-order valence-corrected chi connectivity index (χ0v) is 10.3. The first kappa shape index (κ1) is 12.7. The first-order chi connectivity index (χ1) is 7.71. The van der Waals surface area contributed by atoms with E-state index in [9.17, 15) is 0 Å². The largest absolute Gasteiger partial charge is 0.357 e. The lowest BCUT2D eigenvalue weighted by molar-refractivity contribution is 0.721. The van der Waals surface area contributed by atoms with E-state index in [4.69, 9.17) is 5.84 Å². The predicted octanol–water partition coefficient (Wildman–Crippen LogP) is 1.70. The molecule has 0 unspecified atom stereocenters. The van der Waals surface area contributed by atoms with Crippen LogP contribution in [0.2, 0.25) is 0 Å². The van der Waals surface area contributed by atoms with E-state index in [0.717, 1.165) is 24.7 Å². The molecule has 0 aliphatic rings. The summed E-state index contributed by atoms with van der Waals surface area (Å²) in [6.07, 6.45) is 2.35. The topological polar surface area (TPSA) is 67.1 Å². The van der Waals surface area contributed by atoms with Crippen LogP contribution in [0, 0.1) is 6.92 Å². The molecule has 0 spiro atoms. The third-order valence-corrected chi connectivity index (χ3v) is 2.46. The number of nitrogens with one attached hydrogen (secondary N) is 1. The van der Waals surface area contributed by atoms with E-state index in [1.54, 1.807) is 0 Å². The molecule has 3 N–H and O–H groups in total. The number of aryl methyl sites for hydroxylation is 1. The highest BCUT2D eigenvalue weighted by Crippen LogP contribution is 2.15. The molecule has 0 saturated heterocycles. The number of nitrogens with zero attached hydrogens (tertiary/aromatic N) is 3. The summed E-state index contributed by atoms with van der Waals surface area (Å²) in [6, 6.07) is 1.88. The lowest BCUT2D eigenvalue weighted by Crippen LogP contribution is -2.25. The maximum absolute atomic E-state index is 5.37. The predicted molar refractivity (Wildman–Crippen MR) is 67.4 cm³/mol. The molecule has 0 saturated carbocycles. The Kier molecular flexibility index (Phi) is 4.98. The third-order valence-electron chi connectivity index (χ3n) is 2.46. The molecule has 0 atom stereocenters. The van der Waals surface area contributed by atoms with Gasteiger partial charge in [-0.15, -0.1) is 0 Å². The van der Waals surface area contributed by atoms with E-state index in [0.29, 0.717) is 5.82 Å². The van der Waals surface area contributed by atoms with Crippen molar-refractivity contribution in [2.75, 3.05) is 23.4 Å². The summed E-state index contributed by atoms with van der Waals surface area (Å²) in [5, 5.41) is 0. The van der Waals surface area contributed by atoms with E-state index in [1.165, 1.54) is 12.8 Å². The van der Waals surface area contributed by atoms with Crippen LogP contribution in [0.5, 0.6) is 0 Å². The van der Waals surface area contributed by atoms with E-state index in [2.05, 4.69) is 34.1 Å². The van der Waals surface area contributed by atoms with Crippen molar-refractivity contribution in [2.24, 2.45) is 5.84 Å². The molecule has 0 aliphatic carbocycles. The molecule has 1 heterocycles. The minimum atomic E-state index is 0.664. The van der Waals surface area contributed by atoms with Gasteiger partial charge < -0.3 is 10.3 Å². The number of nitrogens with two attached hydrogens (primary N) is 1. The number of hydrogen-bond acceptors (Lipinski definition) is 5. The van der Waals surface area contributed by atoms with Gasteiger partial charge in [0.2, 0.25) is 0 Å². The van der Waals surface area contributed by atoms with Gasteiger partial charge in [-0.2, -0.15) is 0 Å². The first-order valence-electron chi connectivity index (χ1n) is 5.78. The van der Waals surface area contributed by atoms with Gasteiger partial charge in [-0.3, -0.25) is 0 Å². The van der Waals surface area contributed by atoms with Crippen molar-refractivity contribution >= 4 is 11.6 Å². The van der Waals surface area contributed by atoms with Gasteiger partial charge in [-0.1, -0.05) is 13.3 Å². The molecule has 0 fully saturated rings. The van der Waals surface area contributed by atoms with Crippen LogP contribution < -0.4 is 16.2 Å². The van der Waals surface area contributed by atoms with Gasteiger partial charge >= 0.3 is 0 Å².